The molecule has 0 saturated carbocycles. The number of aromatic nitrogens is 2. The van der Waals surface area contributed by atoms with Crippen LogP contribution in [0, 0.1) is 27.7 Å². The quantitative estimate of drug-likeness (QED) is 0.201. The molecule has 170 valence electrons. The van der Waals surface area contributed by atoms with E-state index in [0.717, 1.165) is 44.3 Å². The lowest BCUT2D eigenvalue weighted by Crippen LogP contribution is -2.10. The van der Waals surface area contributed by atoms with E-state index in [1.165, 1.54) is 22.3 Å². The van der Waals surface area contributed by atoms with Crippen molar-refractivity contribution in [3.05, 3.63) is 118 Å². The Morgan fingerprint density at radius 1 is 0.559 bits per heavy atom. The first kappa shape index (κ1) is 22.9. The van der Waals surface area contributed by atoms with E-state index < -0.39 is 0 Å². The molecule has 2 nitrogen and oxygen atoms in total. The van der Waals surface area contributed by atoms with Crippen LogP contribution in [-0.2, 0) is 0 Å². The maximum Gasteiger partial charge on any atom is 0.0897 e. The lowest BCUT2D eigenvalue weighted by atomic mass is 9.96. The van der Waals surface area contributed by atoms with E-state index in [9.17, 15) is 0 Å². The zero-order valence-electron chi connectivity index (χ0n) is 19.9. The van der Waals surface area contributed by atoms with Gasteiger partial charge in [0.2, 0.25) is 0 Å². The van der Waals surface area contributed by atoms with Crippen LogP contribution in [0.15, 0.2) is 72.8 Å². The Kier molecular flexibility index (Phi) is 6.13. The maximum absolute atomic E-state index is 5.17. The van der Waals surface area contributed by atoms with Gasteiger partial charge >= 0.3 is 0 Å². The number of thiol groups is 2. The molecule has 5 rings (SSSR count). The number of rotatable bonds is 4. The summed E-state index contributed by atoms with van der Waals surface area (Å²) in [5.41, 5.74) is 10.6. The van der Waals surface area contributed by atoms with Crippen LogP contribution in [0.25, 0.3) is 21.8 Å². The van der Waals surface area contributed by atoms with E-state index in [1.54, 1.807) is 0 Å². The van der Waals surface area contributed by atoms with Crippen LogP contribution in [0.5, 0.6) is 0 Å². The monoisotopic (exact) mass is 480 g/mol. The van der Waals surface area contributed by atoms with Gasteiger partial charge in [0.05, 0.1) is 32.9 Å². The van der Waals surface area contributed by atoms with Gasteiger partial charge in [-0.3, -0.25) is 0 Å². The Balaban J connectivity index is 1.75. The van der Waals surface area contributed by atoms with E-state index in [-0.39, 0.29) is 10.5 Å². The first-order valence-corrected chi connectivity index (χ1v) is 12.6. The number of nitrogens with zero attached hydrogens (tertiary/aromatic N) is 2. The first-order chi connectivity index (χ1) is 16.3. The van der Waals surface area contributed by atoms with Crippen molar-refractivity contribution >= 4 is 47.1 Å². The van der Waals surface area contributed by atoms with Crippen LogP contribution in [0.4, 0.5) is 0 Å². The molecule has 4 heteroatoms. The smallest absolute Gasteiger partial charge is 0.0897 e. The molecule has 5 aromatic rings. The third-order valence-corrected chi connectivity index (χ3v) is 7.59. The molecule has 0 spiro atoms. The van der Waals surface area contributed by atoms with Gasteiger partial charge in [-0.2, -0.15) is 25.3 Å². The van der Waals surface area contributed by atoms with Gasteiger partial charge in [-0.1, -0.05) is 71.8 Å². The molecule has 0 saturated heterocycles. The highest BCUT2D eigenvalue weighted by atomic mass is 32.1. The van der Waals surface area contributed by atoms with Gasteiger partial charge in [0.25, 0.3) is 0 Å². The van der Waals surface area contributed by atoms with Crippen molar-refractivity contribution in [3.63, 3.8) is 0 Å². The first-order valence-electron chi connectivity index (χ1n) is 11.5. The molecule has 2 unspecified atom stereocenters. The number of benzene rings is 4. The lowest BCUT2D eigenvalue weighted by Gasteiger charge is -2.22. The predicted molar refractivity (Wildman–Crippen MR) is 151 cm³/mol. The minimum Gasteiger partial charge on any atom is -0.248 e. The molecular weight excluding hydrogens is 452 g/mol. The Morgan fingerprint density at radius 2 is 0.971 bits per heavy atom. The summed E-state index contributed by atoms with van der Waals surface area (Å²) in [6.07, 6.45) is 0. The second-order valence-electron chi connectivity index (χ2n) is 9.21. The highest BCUT2D eigenvalue weighted by Crippen LogP contribution is 2.39. The van der Waals surface area contributed by atoms with Crippen LogP contribution in [0.3, 0.4) is 0 Å². The zero-order valence-corrected chi connectivity index (χ0v) is 21.7. The second kappa shape index (κ2) is 9.09. The van der Waals surface area contributed by atoms with Crippen molar-refractivity contribution in [3.8, 4) is 0 Å². The highest BCUT2D eigenvalue weighted by molar-refractivity contribution is 7.81. The van der Waals surface area contributed by atoms with Crippen LogP contribution in [0.1, 0.15) is 55.3 Å². The molecular formula is C30H28N2S2. The van der Waals surface area contributed by atoms with E-state index in [4.69, 9.17) is 35.2 Å². The normalized spacial score (nSPS) is 13.4. The van der Waals surface area contributed by atoms with Crippen LogP contribution in [0.2, 0.25) is 0 Å². The number of hydrogen-bond acceptors (Lipinski definition) is 4. The molecule has 0 aliphatic carbocycles. The molecule has 0 N–H and O–H groups in total. The van der Waals surface area contributed by atoms with E-state index in [2.05, 4.69) is 100 Å². The van der Waals surface area contributed by atoms with E-state index in [1.807, 2.05) is 0 Å². The van der Waals surface area contributed by atoms with Crippen molar-refractivity contribution in [1.82, 2.24) is 9.97 Å². The fraction of sp³-hybridized carbons (Fsp3) is 0.200. The summed E-state index contributed by atoms with van der Waals surface area (Å²) in [6.45, 7) is 8.49. The average molecular weight is 481 g/mol. The van der Waals surface area contributed by atoms with Crippen molar-refractivity contribution in [2.75, 3.05) is 0 Å². The van der Waals surface area contributed by atoms with Gasteiger partial charge in [-0.15, -0.1) is 0 Å². The molecule has 0 aliphatic rings. The van der Waals surface area contributed by atoms with E-state index >= 15 is 0 Å². The van der Waals surface area contributed by atoms with Crippen molar-refractivity contribution in [1.29, 1.82) is 0 Å². The van der Waals surface area contributed by atoms with Gasteiger partial charge in [0.15, 0.2) is 0 Å². The maximum atomic E-state index is 5.17. The van der Waals surface area contributed by atoms with Gasteiger partial charge in [0.1, 0.15) is 0 Å². The molecule has 1 aromatic heterocycles. The minimum atomic E-state index is -0.209. The molecule has 34 heavy (non-hydrogen) atoms. The van der Waals surface area contributed by atoms with Crippen LogP contribution >= 0.6 is 25.3 Å². The Labute approximate surface area is 212 Å². The Hall–Kier alpha value is -2.82. The summed E-state index contributed by atoms with van der Waals surface area (Å²) in [5.74, 6) is 0. The summed E-state index contributed by atoms with van der Waals surface area (Å²) < 4.78 is 0. The second-order valence-corrected chi connectivity index (χ2v) is 10.2. The summed E-state index contributed by atoms with van der Waals surface area (Å²) in [4.78, 5) is 10.3. The number of hydrogen-bond donors (Lipinski definition) is 2. The van der Waals surface area contributed by atoms with Crippen LogP contribution in [-0.4, -0.2) is 9.97 Å². The molecule has 0 bridgehead atoms. The average Bonchev–Trinajstić information content (AvgIpc) is 2.81. The van der Waals surface area contributed by atoms with Crippen molar-refractivity contribution in [2.24, 2.45) is 0 Å². The molecule has 0 fully saturated rings. The van der Waals surface area contributed by atoms with Crippen molar-refractivity contribution in [2.45, 2.75) is 38.2 Å². The molecule has 0 amide bonds. The Bertz CT molecular complexity index is 1430. The summed E-state index contributed by atoms with van der Waals surface area (Å²) in [7, 11) is 0. The number of fused-ring (bicyclic) bond motifs is 2. The molecule has 4 aromatic carbocycles. The molecule has 1 heterocycles. The van der Waals surface area contributed by atoms with Gasteiger partial charge in [-0.05, 0) is 72.9 Å². The summed E-state index contributed by atoms with van der Waals surface area (Å²) in [6, 6.07) is 25.6. The number of aryl methyl sites for hydroxylation is 4. The van der Waals surface area contributed by atoms with Crippen LogP contribution < -0.4 is 0 Å². The van der Waals surface area contributed by atoms with Crippen molar-refractivity contribution < 1.29 is 0 Å². The lowest BCUT2D eigenvalue weighted by molar-refractivity contribution is 0.940. The summed E-state index contributed by atoms with van der Waals surface area (Å²) >= 11 is 10.2. The molecule has 0 aliphatic heterocycles. The van der Waals surface area contributed by atoms with Gasteiger partial charge < -0.3 is 0 Å². The SMILES string of the molecule is Cc1ccc(C(S)c2nc3cc4ccccc4cc3nc2C(S)c2ccc(C)cc2C)c(C)c1. The third kappa shape index (κ3) is 4.21. The predicted octanol–water partition coefficient (Wildman–Crippen LogP) is 8.06. The highest BCUT2D eigenvalue weighted by Gasteiger charge is 2.25. The van der Waals surface area contributed by atoms with Gasteiger partial charge in [-0.25, -0.2) is 9.97 Å². The summed E-state index contributed by atoms with van der Waals surface area (Å²) in [5, 5.41) is 1.89. The standard InChI is InChI=1S/C30H28N2S2/c1-17-9-11-23(19(3)13-17)29(33)27-28(30(34)24-12-10-18(2)14-20(24)4)32-26-16-22-8-6-5-7-21(22)15-25(26)31-27/h5-16,29-30,33-34H,1-4H3. The largest absolute Gasteiger partial charge is 0.248 e. The fourth-order valence-corrected chi connectivity index (χ4v) is 5.69. The van der Waals surface area contributed by atoms with E-state index in [0.29, 0.717) is 0 Å². The zero-order chi connectivity index (χ0) is 24.0. The Morgan fingerprint density at radius 3 is 1.35 bits per heavy atom. The molecule has 0 radical (unpaired) electrons. The fourth-order valence-electron chi connectivity index (χ4n) is 4.73. The topological polar surface area (TPSA) is 25.8 Å². The van der Waals surface area contributed by atoms with Gasteiger partial charge in [0, 0.05) is 0 Å². The molecule has 2 atom stereocenters. The third-order valence-electron chi connectivity index (χ3n) is 6.54. The minimum absolute atomic E-state index is 0.209.